The number of hydrogen-bond donors (Lipinski definition) is 3. The SMILES string of the molecule is C=C1Nc2c(ccc(-c3ccc(OC(=O)NCc4ccccc4)cc3OC)c2COc2cc(F)ccc2C)NC1(C)C.[HH].[HH]. The van der Waals surface area contributed by atoms with Crippen LogP contribution < -0.4 is 30.2 Å². The first kappa shape index (κ1) is 28.5. The summed E-state index contributed by atoms with van der Waals surface area (Å²) in [5, 5.41) is 9.75. The van der Waals surface area contributed by atoms with E-state index in [0.717, 1.165) is 44.9 Å². The maximum atomic E-state index is 14.0. The van der Waals surface area contributed by atoms with Gasteiger partial charge in [-0.1, -0.05) is 49.0 Å². The van der Waals surface area contributed by atoms with E-state index >= 15 is 0 Å². The Morgan fingerprint density at radius 1 is 1.00 bits per heavy atom. The summed E-state index contributed by atoms with van der Waals surface area (Å²) in [7, 11) is 1.56. The lowest BCUT2D eigenvalue weighted by molar-refractivity contribution is 0.200. The van der Waals surface area contributed by atoms with Crippen molar-refractivity contribution >= 4 is 17.5 Å². The number of methoxy groups -OCH3 is 1. The molecule has 0 aliphatic carbocycles. The molecule has 5 rings (SSSR count). The average molecular weight is 572 g/mol. The largest absolute Gasteiger partial charge is 0.496 e. The molecule has 1 aliphatic rings. The molecule has 8 heteroatoms. The predicted molar refractivity (Wildman–Crippen MR) is 168 cm³/mol. The zero-order chi connectivity index (χ0) is 29.9. The molecular formula is C34H38FN3O4. The number of nitrogens with one attached hydrogen (secondary N) is 3. The first-order valence-electron chi connectivity index (χ1n) is 13.6. The van der Waals surface area contributed by atoms with Crippen molar-refractivity contribution in [1.82, 2.24) is 5.32 Å². The third-order valence-electron chi connectivity index (χ3n) is 7.27. The molecule has 0 bridgehead atoms. The van der Waals surface area contributed by atoms with Crippen molar-refractivity contribution in [2.24, 2.45) is 0 Å². The number of ether oxygens (including phenoxy) is 3. The van der Waals surface area contributed by atoms with Crippen LogP contribution in [0.15, 0.2) is 91.1 Å². The second-order valence-electron chi connectivity index (χ2n) is 10.7. The van der Waals surface area contributed by atoms with Gasteiger partial charge in [-0.05, 0) is 61.7 Å². The highest BCUT2D eigenvalue weighted by Crippen LogP contribution is 2.44. The Hall–Kier alpha value is -4.98. The maximum absolute atomic E-state index is 14.0. The van der Waals surface area contributed by atoms with Crippen LogP contribution in [-0.2, 0) is 13.2 Å². The van der Waals surface area contributed by atoms with E-state index in [-0.39, 0.29) is 20.8 Å². The van der Waals surface area contributed by atoms with E-state index in [2.05, 4.69) is 22.5 Å². The third-order valence-corrected chi connectivity index (χ3v) is 7.27. The van der Waals surface area contributed by atoms with Gasteiger partial charge in [0.25, 0.3) is 0 Å². The molecule has 0 aromatic heterocycles. The monoisotopic (exact) mass is 571 g/mol. The summed E-state index contributed by atoms with van der Waals surface area (Å²) in [5.41, 5.74) is 6.35. The normalized spacial score (nSPS) is 13.3. The Bertz CT molecular complexity index is 1650. The minimum absolute atomic E-state index is 0. The van der Waals surface area contributed by atoms with Crippen molar-refractivity contribution in [3.8, 4) is 28.4 Å². The number of benzene rings is 4. The second kappa shape index (κ2) is 11.9. The molecule has 0 radical (unpaired) electrons. The number of carbonyl (C=O) groups excluding carboxylic acids is 1. The molecule has 4 aromatic carbocycles. The summed E-state index contributed by atoms with van der Waals surface area (Å²) >= 11 is 0. The van der Waals surface area contributed by atoms with E-state index in [1.54, 1.807) is 25.3 Å². The second-order valence-corrected chi connectivity index (χ2v) is 10.7. The van der Waals surface area contributed by atoms with E-state index in [9.17, 15) is 9.18 Å². The van der Waals surface area contributed by atoms with Gasteiger partial charge in [0.15, 0.2) is 0 Å². The lowest BCUT2D eigenvalue weighted by atomic mass is 9.91. The quantitative estimate of drug-likeness (QED) is 0.197. The van der Waals surface area contributed by atoms with E-state index < -0.39 is 6.09 Å². The van der Waals surface area contributed by atoms with Crippen LogP contribution in [0, 0.1) is 12.7 Å². The standard InChI is InChI=1S/C34H34FN3O4.2H2/c1-21-11-12-24(35)17-30(21)41-20-28-26(15-16-29-32(28)37-22(2)34(3,4)38-29)27-14-13-25(18-31(27)40-5)42-33(39)36-19-23-9-7-6-8-10-23;;/h6-18,37-38H,2,19-20H2,1,3-5H3,(H,36,39);2*1H. The summed E-state index contributed by atoms with van der Waals surface area (Å²) in [6.45, 7) is 10.7. The lowest BCUT2D eigenvalue weighted by Crippen LogP contribution is -2.40. The molecule has 42 heavy (non-hydrogen) atoms. The van der Waals surface area contributed by atoms with Crippen LogP contribution >= 0.6 is 0 Å². The smallest absolute Gasteiger partial charge is 0.412 e. The third kappa shape index (κ3) is 6.17. The van der Waals surface area contributed by atoms with Gasteiger partial charge in [0.1, 0.15) is 29.7 Å². The zero-order valence-electron chi connectivity index (χ0n) is 24.1. The van der Waals surface area contributed by atoms with E-state index in [1.807, 2.05) is 69.3 Å². The summed E-state index contributed by atoms with van der Waals surface area (Å²) in [6, 6.07) is 23.3. The van der Waals surface area contributed by atoms with Crippen molar-refractivity contribution in [3.63, 3.8) is 0 Å². The summed E-state index contributed by atoms with van der Waals surface area (Å²) in [6.07, 6.45) is -0.571. The number of aryl methyl sites for hydroxylation is 1. The number of anilines is 2. The van der Waals surface area contributed by atoms with Crippen LogP contribution in [0.1, 0.15) is 33.4 Å². The van der Waals surface area contributed by atoms with Crippen LogP contribution in [0.5, 0.6) is 17.2 Å². The molecule has 0 spiro atoms. The van der Waals surface area contributed by atoms with Crippen molar-refractivity contribution in [2.45, 2.75) is 39.5 Å². The van der Waals surface area contributed by atoms with Crippen molar-refractivity contribution < 1.29 is 26.2 Å². The molecule has 1 amide bonds. The predicted octanol–water partition coefficient (Wildman–Crippen LogP) is 8.30. The highest BCUT2D eigenvalue weighted by Gasteiger charge is 2.31. The van der Waals surface area contributed by atoms with Crippen LogP contribution in [0.4, 0.5) is 20.6 Å². The topological polar surface area (TPSA) is 80.9 Å². The van der Waals surface area contributed by atoms with E-state index in [0.29, 0.717) is 23.8 Å². The molecule has 1 aliphatic heterocycles. The number of carbonyl (C=O) groups is 1. The molecular weight excluding hydrogens is 533 g/mol. The Morgan fingerprint density at radius 2 is 1.76 bits per heavy atom. The number of rotatable bonds is 8. The van der Waals surface area contributed by atoms with Gasteiger partial charge in [0.05, 0.1) is 24.0 Å². The van der Waals surface area contributed by atoms with Crippen molar-refractivity contribution in [3.05, 3.63) is 114 Å². The highest BCUT2D eigenvalue weighted by molar-refractivity contribution is 5.88. The number of fused-ring (bicyclic) bond motifs is 1. The molecule has 0 unspecified atom stereocenters. The molecule has 0 saturated carbocycles. The fourth-order valence-corrected chi connectivity index (χ4v) is 4.77. The van der Waals surface area contributed by atoms with Crippen LogP contribution in [0.2, 0.25) is 0 Å². The van der Waals surface area contributed by atoms with Crippen LogP contribution in [0.25, 0.3) is 11.1 Å². The first-order valence-corrected chi connectivity index (χ1v) is 13.6. The Labute approximate surface area is 248 Å². The molecule has 0 atom stereocenters. The molecule has 7 nitrogen and oxygen atoms in total. The van der Waals surface area contributed by atoms with Crippen molar-refractivity contribution in [1.29, 1.82) is 0 Å². The minimum Gasteiger partial charge on any atom is -0.496 e. The molecule has 0 saturated heterocycles. The fourth-order valence-electron chi connectivity index (χ4n) is 4.77. The summed E-state index contributed by atoms with van der Waals surface area (Å²) in [5.74, 6) is 0.932. The minimum atomic E-state index is -0.571. The Balaban J connectivity index is 0.00000264. The van der Waals surface area contributed by atoms with Gasteiger partial charge in [0.2, 0.25) is 0 Å². The highest BCUT2D eigenvalue weighted by atomic mass is 19.1. The fraction of sp³-hybridized carbons (Fsp3) is 0.206. The van der Waals surface area contributed by atoms with E-state index in [1.165, 1.54) is 12.1 Å². The average Bonchev–Trinajstić information content (AvgIpc) is 2.97. The van der Waals surface area contributed by atoms with Gasteiger partial charge in [-0.2, -0.15) is 0 Å². The first-order chi connectivity index (χ1) is 20.1. The number of halogens is 1. The van der Waals surface area contributed by atoms with Crippen LogP contribution in [-0.4, -0.2) is 18.7 Å². The molecule has 220 valence electrons. The lowest BCUT2D eigenvalue weighted by Gasteiger charge is -2.38. The van der Waals surface area contributed by atoms with Gasteiger partial charge in [-0.15, -0.1) is 0 Å². The Morgan fingerprint density at radius 3 is 2.52 bits per heavy atom. The molecule has 1 heterocycles. The number of amides is 1. The van der Waals surface area contributed by atoms with Gasteiger partial charge >= 0.3 is 6.09 Å². The van der Waals surface area contributed by atoms with Gasteiger partial charge in [0, 0.05) is 38.4 Å². The zero-order valence-corrected chi connectivity index (χ0v) is 24.1. The van der Waals surface area contributed by atoms with Gasteiger partial charge in [-0.25, -0.2) is 9.18 Å². The summed E-state index contributed by atoms with van der Waals surface area (Å²) < 4.78 is 31.5. The van der Waals surface area contributed by atoms with Crippen LogP contribution in [0.3, 0.4) is 0 Å². The molecule has 0 fully saturated rings. The van der Waals surface area contributed by atoms with Crippen molar-refractivity contribution in [2.75, 3.05) is 17.7 Å². The molecule has 4 aromatic rings. The van der Waals surface area contributed by atoms with Gasteiger partial charge in [-0.3, -0.25) is 0 Å². The molecule has 3 N–H and O–H groups in total. The van der Waals surface area contributed by atoms with Gasteiger partial charge < -0.3 is 30.2 Å². The van der Waals surface area contributed by atoms with E-state index in [4.69, 9.17) is 14.2 Å². The summed E-state index contributed by atoms with van der Waals surface area (Å²) in [4.78, 5) is 12.5. The Kier molecular flexibility index (Phi) is 8.06. The maximum Gasteiger partial charge on any atom is 0.412 e. The number of hydrogen-bond acceptors (Lipinski definition) is 6.